The Morgan fingerprint density at radius 1 is 0.965 bits per heavy atom. The summed E-state index contributed by atoms with van der Waals surface area (Å²) in [5.74, 6) is 1.86. The molecule has 9 nitrogen and oxygen atoms in total. The molecule has 9 heteroatoms. The lowest BCUT2D eigenvalue weighted by Gasteiger charge is -2.64. The van der Waals surface area contributed by atoms with Gasteiger partial charge in [-0.15, -0.1) is 6.58 Å². The standard InChI is InChI=1S/C48H66N2O7/c1-8-31-26-50-20-18-32(31)21-42(50)46(54)37-24-34(49-41-12-10-9-11-36(37)41)14-13-27(2)38-15-16-39-45-40(25-44(48(38,39)7)57-30(5)53)47(6)19-17-35(55-28(3)51)22-33(47)23-43(45)56-29(4)52/h8-12,24,27,31-33,35,38-40,42-46,54H,1,13-23,25-26H2,2-7H3/t27-,31+,32+,33+,35-,38-,39+,40+,42+,43-,44+,45+,46-,47+,48-/m1/s1. The lowest BCUT2D eigenvalue weighted by Crippen LogP contribution is -2.63. The Morgan fingerprint density at radius 3 is 2.42 bits per heavy atom. The SMILES string of the molecule is C=C[C@H]1CN2CC[C@H]1C[C@H]2[C@H](O)c1cc(CC[C@@H](C)[C@H]2CC[C@H]3[C@@H]4[C@H](OC(C)=O)C[C@@H]5C[C@H](OC(C)=O)CC[C@]5(C)[C@H]4C[C@H](OC(C)=O)[C@]23C)nc2ccccc12. The van der Waals surface area contributed by atoms with Crippen molar-refractivity contribution < 1.29 is 33.7 Å². The second kappa shape index (κ2) is 15.7. The molecule has 1 aromatic heterocycles. The number of nitrogens with zero attached hydrogens (tertiary/aromatic N) is 2. The Kier molecular flexibility index (Phi) is 11.2. The number of aliphatic hydroxyl groups is 1. The molecule has 9 rings (SSSR count). The van der Waals surface area contributed by atoms with Gasteiger partial charge in [0.25, 0.3) is 0 Å². The number of aromatic nitrogens is 1. The molecule has 0 radical (unpaired) electrons. The number of aryl methyl sites for hydroxylation is 1. The summed E-state index contributed by atoms with van der Waals surface area (Å²) >= 11 is 0. The molecule has 1 N–H and O–H groups in total. The summed E-state index contributed by atoms with van der Waals surface area (Å²) in [6.45, 7) is 17.8. The van der Waals surface area contributed by atoms with Crippen LogP contribution in [0.15, 0.2) is 43.0 Å². The van der Waals surface area contributed by atoms with E-state index in [1.54, 1.807) is 6.92 Å². The number of hydrogen-bond acceptors (Lipinski definition) is 9. The molecule has 2 aromatic rings. The van der Waals surface area contributed by atoms with Gasteiger partial charge < -0.3 is 19.3 Å². The van der Waals surface area contributed by atoms with E-state index >= 15 is 0 Å². The fraction of sp³-hybridized carbons (Fsp3) is 0.708. The smallest absolute Gasteiger partial charge is 0.302 e. The Bertz CT molecular complexity index is 1860. The van der Waals surface area contributed by atoms with Crippen molar-refractivity contribution in [1.82, 2.24) is 9.88 Å². The van der Waals surface area contributed by atoms with Crippen LogP contribution in [0.4, 0.5) is 0 Å². The molecule has 4 saturated carbocycles. The maximum absolute atomic E-state index is 12.9. The van der Waals surface area contributed by atoms with Crippen molar-refractivity contribution in [2.45, 2.75) is 143 Å². The van der Waals surface area contributed by atoms with E-state index in [0.29, 0.717) is 23.7 Å². The first-order valence-electron chi connectivity index (χ1n) is 22.2. The summed E-state index contributed by atoms with van der Waals surface area (Å²) in [4.78, 5) is 45.2. The molecular weight excluding hydrogens is 717 g/mol. The number of ether oxygens (including phenoxy) is 3. The van der Waals surface area contributed by atoms with E-state index in [2.05, 4.69) is 56.5 Å². The number of pyridine rings is 1. The maximum atomic E-state index is 12.9. The molecule has 1 aromatic carbocycles. The van der Waals surface area contributed by atoms with Crippen molar-refractivity contribution in [3.05, 3.63) is 54.2 Å². The van der Waals surface area contributed by atoms with Crippen LogP contribution in [0.2, 0.25) is 0 Å². The lowest BCUT2D eigenvalue weighted by molar-refractivity contribution is -0.224. The fourth-order valence-electron chi connectivity index (χ4n) is 14.2. The van der Waals surface area contributed by atoms with Gasteiger partial charge in [-0.1, -0.05) is 45.0 Å². The summed E-state index contributed by atoms with van der Waals surface area (Å²) in [5.41, 5.74) is 2.62. The zero-order chi connectivity index (χ0) is 40.4. The van der Waals surface area contributed by atoms with E-state index in [4.69, 9.17) is 19.2 Å². The summed E-state index contributed by atoms with van der Waals surface area (Å²) in [6.07, 6.45) is 10.9. The quantitative estimate of drug-likeness (QED) is 0.144. The topological polar surface area (TPSA) is 115 Å². The van der Waals surface area contributed by atoms with Crippen LogP contribution in [0, 0.1) is 58.2 Å². The van der Waals surface area contributed by atoms with Crippen molar-refractivity contribution >= 4 is 28.8 Å². The van der Waals surface area contributed by atoms with E-state index in [9.17, 15) is 19.5 Å². The van der Waals surface area contributed by atoms with Crippen molar-refractivity contribution in [2.24, 2.45) is 58.2 Å². The molecule has 16 atom stereocenters. The van der Waals surface area contributed by atoms with Gasteiger partial charge in [0.15, 0.2) is 0 Å². The van der Waals surface area contributed by atoms with Gasteiger partial charge in [0.1, 0.15) is 18.3 Å². The van der Waals surface area contributed by atoms with Crippen molar-refractivity contribution in [1.29, 1.82) is 0 Å². The van der Waals surface area contributed by atoms with E-state index < -0.39 is 6.10 Å². The number of carbonyl (C=O) groups excluding carboxylic acids is 3. The van der Waals surface area contributed by atoms with Gasteiger partial charge in [-0.2, -0.15) is 0 Å². The molecule has 1 unspecified atom stereocenters. The van der Waals surface area contributed by atoms with E-state index in [-0.39, 0.29) is 76.8 Å². The molecule has 4 heterocycles. The molecule has 4 aliphatic carbocycles. The van der Waals surface area contributed by atoms with Crippen LogP contribution in [-0.4, -0.2) is 70.3 Å². The largest absolute Gasteiger partial charge is 0.463 e. The van der Waals surface area contributed by atoms with Gasteiger partial charge >= 0.3 is 17.9 Å². The minimum absolute atomic E-state index is 0.0348. The highest BCUT2D eigenvalue weighted by Crippen LogP contribution is 2.69. The molecule has 2 bridgehead atoms. The second-order valence-electron chi connectivity index (χ2n) is 19.7. The number of benzene rings is 1. The number of carbonyl (C=O) groups is 3. The van der Waals surface area contributed by atoms with Crippen LogP contribution in [-0.2, 0) is 35.0 Å². The predicted octanol–water partition coefficient (Wildman–Crippen LogP) is 8.41. The molecule has 7 fully saturated rings. The van der Waals surface area contributed by atoms with Crippen LogP contribution in [0.1, 0.15) is 123 Å². The van der Waals surface area contributed by atoms with Gasteiger partial charge in [-0.05, 0) is 142 Å². The molecule has 3 saturated heterocycles. The van der Waals surface area contributed by atoms with Crippen LogP contribution >= 0.6 is 0 Å². The number of esters is 3. The first kappa shape index (κ1) is 40.5. The maximum Gasteiger partial charge on any atom is 0.302 e. The monoisotopic (exact) mass is 782 g/mol. The number of para-hydroxylation sites is 1. The number of rotatable bonds is 10. The van der Waals surface area contributed by atoms with Gasteiger partial charge in [0.2, 0.25) is 0 Å². The Balaban J connectivity index is 1.05. The predicted molar refractivity (Wildman–Crippen MR) is 219 cm³/mol. The summed E-state index contributed by atoms with van der Waals surface area (Å²) < 4.78 is 18.5. The summed E-state index contributed by atoms with van der Waals surface area (Å²) in [5, 5.41) is 13.1. The second-order valence-corrected chi connectivity index (χ2v) is 19.7. The van der Waals surface area contributed by atoms with Crippen molar-refractivity contribution in [3.63, 3.8) is 0 Å². The van der Waals surface area contributed by atoms with E-state index in [1.807, 2.05) is 12.1 Å². The Labute approximate surface area is 339 Å². The molecule has 57 heavy (non-hydrogen) atoms. The first-order valence-corrected chi connectivity index (χ1v) is 22.2. The molecule has 0 spiro atoms. The molecule has 7 aliphatic rings. The van der Waals surface area contributed by atoms with Gasteiger partial charge in [-0.3, -0.25) is 24.3 Å². The average Bonchev–Trinajstić information content (AvgIpc) is 3.54. The van der Waals surface area contributed by atoms with Crippen LogP contribution in [0.3, 0.4) is 0 Å². The van der Waals surface area contributed by atoms with E-state index in [1.165, 1.54) is 20.3 Å². The van der Waals surface area contributed by atoms with Gasteiger partial charge in [0.05, 0.1) is 11.6 Å². The van der Waals surface area contributed by atoms with Crippen LogP contribution in [0.5, 0.6) is 0 Å². The lowest BCUT2D eigenvalue weighted by atomic mass is 9.43. The Morgan fingerprint density at radius 2 is 1.72 bits per heavy atom. The zero-order valence-corrected chi connectivity index (χ0v) is 35.2. The first-order chi connectivity index (χ1) is 27.2. The third-order valence-electron chi connectivity index (χ3n) is 16.9. The number of piperidine rings is 3. The highest BCUT2D eigenvalue weighted by Gasteiger charge is 2.67. The molecule has 310 valence electrons. The summed E-state index contributed by atoms with van der Waals surface area (Å²) in [7, 11) is 0. The average molecular weight is 783 g/mol. The third-order valence-corrected chi connectivity index (χ3v) is 16.9. The zero-order valence-electron chi connectivity index (χ0n) is 35.2. The van der Waals surface area contributed by atoms with Crippen LogP contribution < -0.4 is 0 Å². The van der Waals surface area contributed by atoms with E-state index in [0.717, 1.165) is 99.5 Å². The van der Waals surface area contributed by atoms with Crippen LogP contribution in [0.25, 0.3) is 10.9 Å². The van der Waals surface area contributed by atoms with Gasteiger partial charge in [0, 0.05) is 55.8 Å². The molecule has 3 aliphatic heterocycles. The number of aliphatic hydroxyl groups excluding tert-OH is 1. The minimum atomic E-state index is -0.587. The molecule has 0 amide bonds. The minimum Gasteiger partial charge on any atom is -0.463 e. The summed E-state index contributed by atoms with van der Waals surface area (Å²) in [6, 6.07) is 10.5. The molecular formula is C48H66N2O7. The third kappa shape index (κ3) is 7.25. The fourth-order valence-corrected chi connectivity index (χ4v) is 14.2. The normalized spacial score (nSPS) is 40.5. The highest BCUT2D eigenvalue weighted by atomic mass is 16.6. The highest BCUT2D eigenvalue weighted by molar-refractivity contribution is 5.83. The number of fused-ring (bicyclic) bond motifs is 9. The van der Waals surface area contributed by atoms with Crippen molar-refractivity contribution in [2.75, 3.05) is 13.1 Å². The Hall–Kier alpha value is -3.30. The van der Waals surface area contributed by atoms with Crippen molar-refractivity contribution in [3.8, 4) is 0 Å². The number of hydrogen-bond donors (Lipinski definition) is 1. The van der Waals surface area contributed by atoms with Gasteiger partial charge in [-0.25, -0.2) is 0 Å².